The van der Waals surface area contributed by atoms with Crippen molar-refractivity contribution in [1.29, 1.82) is 0 Å². The van der Waals surface area contributed by atoms with Gasteiger partial charge in [0.2, 0.25) is 0 Å². The standard InChI is InChI=1S/C17H14Br2N2O2/c1-3-13-15(10-4-5-20-8-14(10)21(13)2)16(22)9-6-11(18)17(23)12(19)7-9/h4-8,23H,3H2,1-2H3. The van der Waals surface area contributed by atoms with Gasteiger partial charge in [0.05, 0.1) is 26.2 Å². The van der Waals surface area contributed by atoms with Gasteiger partial charge in [-0.3, -0.25) is 9.78 Å². The van der Waals surface area contributed by atoms with Gasteiger partial charge in [-0.1, -0.05) is 6.92 Å². The van der Waals surface area contributed by atoms with Crippen molar-refractivity contribution in [3.05, 3.63) is 56.4 Å². The molecule has 0 saturated heterocycles. The number of phenols is 1. The smallest absolute Gasteiger partial charge is 0.195 e. The minimum Gasteiger partial charge on any atom is -0.506 e. The average molecular weight is 438 g/mol. The zero-order valence-electron chi connectivity index (χ0n) is 12.6. The number of ketones is 1. The third-order valence-electron chi connectivity index (χ3n) is 3.97. The van der Waals surface area contributed by atoms with Crippen LogP contribution in [-0.2, 0) is 13.5 Å². The van der Waals surface area contributed by atoms with Gasteiger partial charge < -0.3 is 9.67 Å². The minimum absolute atomic E-state index is 0.0694. The summed E-state index contributed by atoms with van der Waals surface area (Å²) < 4.78 is 2.98. The quantitative estimate of drug-likeness (QED) is 0.609. The van der Waals surface area contributed by atoms with Gasteiger partial charge in [-0.05, 0) is 56.5 Å². The number of benzene rings is 1. The second-order valence-corrected chi connectivity index (χ2v) is 6.95. The summed E-state index contributed by atoms with van der Waals surface area (Å²) in [4.78, 5) is 17.3. The summed E-state index contributed by atoms with van der Waals surface area (Å²) in [6.45, 7) is 2.03. The Kier molecular flexibility index (Phi) is 4.29. The first-order valence-electron chi connectivity index (χ1n) is 7.09. The topological polar surface area (TPSA) is 55.1 Å². The normalized spacial score (nSPS) is 11.1. The maximum atomic E-state index is 13.1. The Morgan fingerprint density at radius 1 is 1.30 bits per heavy atom. The Bertz CT molecular complexity index is 909. The van der Waals surface area contributed by atoms with Crippen molar-refractivity contribution < 1.29 is 9.90 Å². The van der Waals surface area contributed by atoms with E-state index in [1.165, 1.54) is 0 Å². The Morgan fingerprint density at radius 3 is 2.57 bits per heavy atom. The molecule has 0 saturated carbocycles. The van der Waals surface area contributed by atoms with Crippen LogP contribution >= 0.6 is 31.9 Å². The van der Waals surface area contributed by atoms with Crippen LogP contribution in [0.4, 0.5) is 0 Å². The highest BCUT2D eigenvalue weighted by Crippen LogP contribution is 2.35. The van der Waals surface area contributed by atoms with Crippen molar-refractivity contribution in [1.82, 2.24) is 9.55 Å². The molecule has 3 rings (SSSR count). The molecule has 1 N–H and O–H groups in total. The minimum atomic E-state index is -0.0694. The summed E-state index contributed by atoms with van der Waals surface area (Å²) in [6.07, 6.45) is 4.21. The zero-order valence-corrected chi connectivity index (χ0v) is 15.8. The van der Waals surface area contributed by atoms with Gasteiger partial charge in [-0.15, -0.1) is 0 Å². The highest BCUT2D eigenvalue weighted by molar-refractivity contribution is 9.11. The molecule has 0 spiro atoms. The van der Waals surface area contributed by atoms with Crippen molar-refractivity contribution in [2.75, 3.05) is 0 Å². The van der Waals surface area contributed by atoms with Crippen LogP contribution in [0.5, 0.6) is 5.75 Å². The highest BCUT2D eigenvalue weighted by atomic mass is 79.9. The molecule has 6 heteroatoms. The molecule has 2 heterocycles. The molecule has 4 nitrogen and oxygen atoms in total. The Morgan fingerprint density at radius 2 is 1.96 bits per heavy atom. The molecule has 0 fully saturated rings. The fourth-order valence-electron chi connectivity index (χ4n) is 2.84. The van der Waals surface area contributed by atoms with E-state index in [1.54, 1.807) is 24.5 Å². The van der Waals surface area contributed by atoms with Crippen LogP contribution < -0.4 is 0 Å². The van der Waals surface area contributed by atoms with Gasteiger partial charge in [-0.2, -0.15) is 0 Å². The predicted molar refractivity (Wildman–Crippen MR) is 97.0 cm³/mol. The Hall–Kier alpha value is -1.66. The number of halogens is 2. The molecule has 0 radical (unpaired) electrons. The van der Waals surface area contributed by atoms with Gasteiger partial charge in [0, 0.05) is 29.9 Å². The van der Waals surface area contributed by atoms with Gasteiger partial charge >= 0.3 is 0 Å². The summed E-state index contributed by atoms with van der Waals surface area (Å²) in [5.74, 6) is 0.0134. The number of hydrogen-bond donors (Lipinski definition) is 1. The lowest BCUT2D eigenvalue weighted by Crippen LogP contribution is -2.06. The van der Waals surface area contributed by atoms with Crippen LogP contribution in [0.25, 0.3) is 10.9 Å². The second-order valence-electron chi connectivity index (χ2n) is 5.24. The lowest BCUT2D eigenvalue weighted by molar-refractivity contribution is 0.103. The predicted octanol–water partition coefficient (Wildman–Crippen LogP) is 4.60. The van der Waals surface area contributed by atoms with Gasteiger partial charge in [0.1, 0.15) is 5.75 Å². The van der Waals surface area contributed by atoms with Crippen LogP contribution in [0.15, 0.2) is 39.5 Å². The molecular formula is C17H14Br2N2O2. The highest BCUT2D eigenvalue weighted by Gasteiger charge is 2.22. The summed E-state index contributed by atoms with van der Waals surface area (Å²) in [5.41, 5.74) is 3.11. The fourth-order valence-corrected chi connectivity index (χ4v) is 4.03. The van der Waals surface area contributed by atoms with Crippen molar-refractivity contribution in [2.24, 2.45) is 7.05 Å². The van der Waals surface area contributed by atoms with Gasteiger partial charge in [0.25, 0.3) is 0 Å². The van der Waals surface area contributed by atoms with E-state index >= 15 is 0 Å². The molecule has 23 heavy (non-hydrogen) atoms. The van der Waals surface area contributed by atoms with Crippen molar-refractivity contribution in [3.8, 4) is 5.75 Å². The molecule has 2 aromatic heterocycles. The van der Waals surface area contributed by atoms with E-state index in [4.69, 9.17) is 0 Å². The Labute approximate surface area is 150 Å². The number of phenolic OH excluding ortho intramolecular Hbond substituents is 1. The monoisotopic (exact) mass is 436 g/mol. The molecule has 0 aliphatic rings. The first-order valence-corrected chi connectivity index (χ1v) is 8.68. The molecule has 1 aromatic carbocycles. The number of carbonyl (C=O) groups is 1. The number of rotatable bonds is 3. The van der Waals surface area contributed by atoms with E-state index in [0.717, 1.165) is 23.0 Å². The van der Waals surface area contributed by atoms with Gasteiger partial charge in [0.15, 0.2) is 5.78 Å². The number of aryl methyl sites for hydroxylation is 1. The van der Waals surface area contributed by atoms with E-state index in [9.17, 15) is 9.90 Å². The summed E-state index contributed by atoms with van der Waals surface area (Å²) in [7, 11) is 1.95. The number of aromatic hydroxyl groups is 1. The third-order valence-corrected chi connectivity index (χ3v) is 5.17. The van der Waals surface area contributed by atoms with E-state index in [0.29, 0.717) is 20.1 Å². The van der Waals surface area contributed by atoms with E-state index < -0.39 is 0 Å². The van der Waals surface area contributed by atoms with Crippen LogP contribution in [0.2, 0.25) is 0 Å². The molecular weight excluding hydrogens is 424 g/mol. The van der Waals surface area contributed by atoms with Crippen molar-refractivity contribution in [3.63, 3.8) is 0 Å². The molecule has 0 bridgehead atoms. The molecule has 0 atom stereocenters. The SMILES string of the molecule is CCc1c(C(=O)c2cc(Br)c(O)c(Br)c2)c2ccncc2n1C. The van der Waals surface area contributed by atoms with Gasteiger partial charge in [-0.25, -0.2) is 0 Å². The van der Waals surface area contributed by atoms with E-state index in [1.807, 2.05) is 24.6 Å². The third kappa shape index (κ3) is 2.60. The summed E-state index contributed by atoms with van der Waals surface area (Å²) in [5, 5.41) is 10.7. The summed E-state index contributed by atoms with van der Waals surface area (Å²) >= 11 is 6.56. The maximum absolute atomic E-state index is 13.1. The van der Waals surface area contributed by atoms with Crippen LogP contribution in [-0.4, -0.2) is 20.4 Å². The van der Waals surface area contributed by atoms with Crippen LogP contribution in [0.1, 0.15) is 28.5 Å². The largest absolute Gasteiger partial charge is 0.506 e. The molecule has 0 unspecified atom stereocenters. The molecule has 0 aliphatic heterocycles. The van der Waals surface area contributed by atoms with Crippen molar-refractivity contribution >= 4 is 48.5 Å². The number of carbonyl (C=O) groups excluding carboxylic acids is 1. The lowest BCUT2D eigenvalue weighted by atomic mass is 9.99. The first kappa shape index (κ1) is 16.2. The number of fused-ring (bicyclic) bond motifs is 1. The van der Waals surface area contributed by atoms with Crippen LogP contribution in [0, 0.1) is 0 Å². The second kappa shape index (κ2) is 6.09. The van der Waals surface area contributed by atoms with Crippen molar-refractivity contribution in [2.45, 2.75) is 13.3 Å². The number of nitrogens with zero attached hydrogens (tertiary/aromatic N) is 2. The Balaban J connectivity index is 2.26. The fraction of sp³-hybridized carbons (Fsp3) is 0.176. The molecule has 0 aliphatic carbocycles. The van der Waals surface area contributed by atoms with E-state index in [2.05, 4.69) is 36.8 Å². The maximum Gasteiger partial charge on any atom is 0.195 e. The van der Waals surface area contributed by atoms with E-state index in [-0.39, 0.29) is 11.5 Å². The lowest BCUT2D eigenvalue weighted by Gasteiger charge is -2.07. The molecule has 118 valence electrons. The molecule has 0 amide bonds. The average Bonchev–Trinajstić information content (AvgIpc) is 2.84. The van der Waals surface area contributed by atoms with Crippen LogP contribution in [0.3, 0.4) is 0 Å². The summed E-state index contributed by atoms with van der Waals surface area (Å²) in [6, 6.07) is 5.15. The first-order chi connectivity index (χ1) is 11.0. The molecule has 3 aromatic rings. The number of hydrogen-bond acceptors (Lipinski definition) is 3. The number of pyridine rings is 1. The zero-order chi connectivity index (χ0) is 16.7. The number of aromatic nitrogens is 2.